The van der Waals surface area contributed by atoms with E-state index in [1.54, 1.807) is 47.1 Å². The Morgan fingerprint density at radius 3 is 3.19 bits per heavy atom. The van der Waals surface area contributed by atoms with Gasteiger partial charge >= 0.3 is 0 Å². The molecule has 3 heterocycles. The van der Waals surface area contributed by atoms with E-state index in [4.69, 9.17) is 4.74 Å². The zero-order valence-corrected chi connectivity index (χ0v) is 11.7. The van der Waals surface area contributed by atoms with Crippen molar-refractivity contribution >= 4 is 17.5 Å². The molecular weight excluding hydrogens is 272 g/mol. The second-order valence-electron chi connectivity index (χ2n) is 5.03. The zero-order valence-electron chi connectivity index (χ0n) is 11.7. The first-order valence-corrected chi connectivity index (χ1v) is 6.70. The molecule has 0 unspecified atom stereocenters. The Hall–Kier alpha value is -2.41. The molecule has 0 aliphatic carbocycles. The van der Waals surface area contributed by atoms with Crippen molar-refractivity contribution in [1.29, 1.82) is 0 Å². The lowest BCUT2D eigenvalue weighted by molar-refractivity contribution is -0.146. The van der Waals surface area contributed by atoms with Crippen LogP contribution in [-0.4, -0.2) is 58.9 Å². The van der Waals surface area contributed by atoms with Crippen LogP contribution >= 0.6 is 0 Å². The molecule has 0 bridgehead atoms. The number of hydrogen-bond acceptors (Lipinski definition) is 4. The van der Waals surface area contributed by atoms with E-state index in [2.05, 4.69) is 10.3 Å². The van der Waals surface area contributed by atoms with Crippen molar-refractivity contribution in [1.82, 2.24) is 19.6 Å². The number of imidazole rings is 1. The van der Waals surface area contributed by atoms with E-state index in [0.29, 0.717) is 18.7 Å². The number of pyridine rings is 1. The standard InChI is InChI=1S/C14H16N4O3/c1-17-8-11(21-9-13(17)19)6-16-14(20)10-2-3-12-15-4-5-18(12)7-10/h2-5,7,11H,6,8-9H2,1H3,(H,16,20)/t11-/m0/s1. The number of hydrogen-bond donors (Lipinski definition) is 1. The van der Waals surface area contributed by atoms with Gasteiger partial charge in [0.25, 0.3) is 5.91 Å². The van der Waals surface area contributed by atoms with Gasteiger partial charge in [-0.3, -0.25) is 9.59 Å². The molecule has 0 saturated carbocycles. The van der Waals surface area contributed by atoms with E-state index in [0.717, 1.165) is 5.65 Å². The molecule has 0 radical (unpaired) electrons. The van der Waals surface area contributed by atoms with Gasteiger partial charge < -0.3 is 19.4 Å². The van der Waals surface area contributed by atoms with Crippen molar-refractivity contribution in [3.63, 3.8) is 0 Å². The minimum atomic E-state index is -0.173. The largest absolute Gasteiger partial charge is 0.365 e. The van der Waals surface area contributed by atoms with Gasteiger partial charge in [0.1, 0.15) is 12.3 Å². The number of fused-ring (bicyclic) bond motifs is 1. The minimum absolute atomic E-state index is 0.0388. The summed E-state index contributed by atoms with van der Waals surface area (Å²) in [5, 5.41) is 2.83. The Bertz CT molecular complexity index is 682. The molecular formula is C14H16N4O3. The molecule has 3 rings (SSSR count). The second-order valence-corrected chi connectivity index (χ2v) is 5.03. The number of carbonyl (C=O) groups is 2. The molecule has 1 aliphatic rings. The lowest BCUT2D eigenvalue weighted by Crippen LogP contribution is -2.48. The molecule has 1 saturated heterocycles. The molecule has 110 valence electrons. The molecule has 2 aromatic heterocycles. The molecule has 21 heavy (non-hydrogen) atoms. The average Bonchev–Trinajstić information content (AvgIpc) is 2.95. The molecule has 0 aromatic carbocycles. The Labute approximate surface area is 121 Å². The van der Waals surface area contributed by atoms with Crippen molar-refractivity contribution in [3.8, 4) is 0 Å². The molecule has 1 aliphatic heterocycles. The van der Waals surface area contributed by atoms with Gasteiger partial charge in [-0.05, 0) is 12.1 Å². The molecule has 1 N–H and O–H groups in total. The second kappa shape index (κ2) is 5.53. The number of morpholine rings is 1. The molecule has 0 spiro atoms. The summed E-state index contributed by atoms with van der Waals surface area (Å²) in [5.41, 5.74) is 1.35. The van der Waals surface area contributed by atoms with Crippen LogP contribution in [0.1, 0.15) is 10.4 Å². The fourth-order valence-electron chi connectivity index (χ4n) is 2.25. The van der Waals surface area contributed by atoms with Gasteiger partial charge in [-0.1, -0.05) is 0 Å². The van der Waals surface area contributed by atoms with Crippen molar-refractivity contribution in [3.05, 3.63) is 36.3 Å². The molecule has 7 nitrogen and oxygen atoms in total. The highest BCUT2D eigenvalue weighted by atomic mass is 16.5. The lowest BCUT2D eigenvalue weighted by atomic mass is 10.2. The average molecular weight is 288 g/mol. The zero-order chi connectivity index (χ0) is 14.8. The summed E-state index contributed by atoms with van der Waals surface area (Å²) in [6, 6.07) is 3.52. The summed E-state index contributed by atoms with van der Waals surface area (Å²) in [6.45, 7) is 0.927. The predicted octanol–water partition coefficient (Wildman–Crippen LogP) is -0.0787. The number of amides is 2. The topological polar surface area (TPSA) is 75.9 Å². The van der Waals surface area contributed by atoms with Crippen LogP contribution in [0.4, 0.5) is 0 Å². The fraction of sp³-hybridized carbons (Fsp3) is 0.357. The van der Waals surface area contributed by atoms with Crippen LogP contribution in [0, 0.1) is 0 Å². The number of ether oxygens (including phenoxy) is 1. The predicted molar refractivity (Wildman–Crippen MR) is 74.9 cm³/mol. The van der Waals surface area contributed by atoms with E-state index < -0.39 is 0 Å². The molecule has 2 aromatic rings. The van der Waals surface area contributed by atoms with Gasteiger partial charge in [0.2, 0.25) is 5.91 Å². The van der Waals surface area contributed by atoms with Crippen LogP contribution in [0.5, 0.6) is 0 Å². The Balaban J connectivity index is 1.60. The van der Waals surface area contributed by atoms with Gasteiger partial charge in [0, 0.05) is 38.7 Å². The fourth-order valence-corrected chi connectivity index (χ4v) is 2.25. The Morgan fingerprint density at radius 2 is 2.38 bits per heavy atom. The summed E-state index contributed by atoms with van der Waals surface area (Å²) < 4.78 is 7.17. The highest BCUT2D eigenvalue weighted by Gasteiger charge is 2.23. The molecule has 7 heteroatoms. The third kappa shape index (κ3) is 2.87. The van der Waals surface area contributed by atoms with E-state index in [-0.39, 0.29) is 24.5 Å². The highest BCUT2D eigenvalue weighted by Crippen LogP contribution is 2.06. The van der Waals surface area contributed by atoms with Crippen molar-refractivity contribution < 1.29 is 14.3 Å². The summed E-state index contributed by atoms with van der Waals surface area (Å²) in [4.78, 5) is 29.2. The molecule has 1 fully saturated rings. The van der Waals surface area contributed by atoms with Crippen LogP contribution < -0.4 is 5.32 Å². The summed E-state index contributed by atoms with van der Waals surface area (Å²) >= 11 is 0. The first kappa shape index (κ1) is 13.6. The number of nitrogens with zero attached hydrogens (tertiary/aromatic N) is 3. The SMILES string of the molecule is CN1C[C@H](CNC(=O)c2ccc3nccn3c2)OCC1=O. The van der Waals surface area contributed by atoms with E-state index in [1.165, 1.54) is 0 Å². The van der Waals surface area contributed by atoms with Gasteiger partial charge in [0.05, 0.1) is 11.7 Å². The minimum Gasteiger partial charge on any atom is -0.365 e. The summed E-state index contributed by atoms with van der Waals surface area (Å²) in [5.74, 6) is -0.211. The van der Waals surface area contributed by atoms with E-state index >= 15 is 0 Å². The summed E-state index contributed by atoms with van der Waals surface area (Å²) in [7, 11) is 1.73. The number of aromatic nitrogens is 2. The first-order chi connectivity index (χ1) is 10.1. The van der Waals surface area contributed by atoms with Crippen molar-refractivity contribution in [2.75, 3.05) is 26.7 Å². The smallest absolute Gasteiger partial charge is 0.252 e. The third-order valence-corrected chi connectivity index (χ3v) is 3.49. The van der Waals surface area contributed by atoms with Crippen molar-refractivity contribution in [2.24, 2.45) is 0 Å². The van der Waals surface area contributed by atoms with Crippen molar-refractivity contribution in [2.45, 2.75) is 6.10 Å². The number of carbonyl (C=O) groups excluding carboxylic acids is 2. The number of nitrogens with one attached hydrogen (secondary N) is 1. The lowest BCUT2D eigenvalue weighted by Gasteiger charge is -2.29. The quantitative estimate of drug-likeness (QED) is 0.857. The monoisotopic (exact) mass is 288 g/mol. The Kier molecular flexibility index (Phi) is 3.57. The van der Waals surface area contributed by atoms with Gasteiger partial charge in [-0.15, -0.1) is 0 Å². The van der Waals surface area contributed by atoms with E-state index in [9.17, 15) is 9.59 Å². The maximum absolute atomic E-state index is 12.1. The van der Waals surface area contributed by atoms with Gasteiger partial charge in [0.15, 0.2) is 0 Å². The highest BCUT2D eigenvalue weighted by molar-refractivity contribution is 5.94. The Morgan fingerprint density at radius 1 is 1.52 bits per heavy atom. The van der Waals surface area contributed by atoms with Crippen LogP contribution in [0.2, 0.25) is 0 Å². The molecule has 1 atom stereocenters. The van der Waals surface area contributed by atoms with Crippen LogP contribution in [-0.2, 0) is 9.53 Å². The normalized spacial score (nSPS) is 19.0. The maximum Gasteiger partial charge on any atom is 0.252 e. The van der Waals surface area contributed by atoms with E-state index in [1.807, 2.05) is 0 Å². The van der Waals surface area contributed by atoms with Crippen LogP contribution in [0.3, 0.4) is 0 Å². The third-order valence-electron chi connectivity index (χ3n) is 3.49. The van der Waals surface area contributed by atoms with Crippen LogP contribution in [0.15, 0.2) is 30.7 Å². The van der Waals surface area contributed by atoms with Crippen LogP contribution in [0.25, 0.3) is 5.65 Å². The number of rotatable bonds is 3. The molecule has 2 amide bonds. The summed E-state index contributed by atoms with van der Waals surface area (Å²) in [6.07, 6.45) is 5.03. The maximum atomic E-state index is 12.1. The first-order valence-electron chi connectivity index (χ1n) is 6.70. The van der Waals surface area contributed by atoms with Gasteiger partial charge in [-0.2, -0.15) is 0 Å². The number of likely N-dealkylation sites (N-methyl/N-ethyl adjacent to an activating group) is 1. The van der Waals surface area contributed by atoms with Gasteiger partial charge in [-0.25, -0.2) is 4.98 Å².